The average molecular weight is 272 g/mol. The third-order valence-corrected chi connectivity index (χ3v) is 3.31. The Morgan fingerprint density at radius 2 is 2.22 bits per heavy atom. The summed E-state index contributed by atoms with van der Waals surface area (Å²) < 4.78 is 13.5. The lowest BCUT2D eigenvalue weighted by Gasteiger charge is -2.19. The van der Waals surface area contributed by atoms with Crippen molar-refractivity contribution < 1.29 is 14.3 Å². The fraction of sp³-hybridized carbons (Fsp3) is 0.462. The summed E-state index contributed by atoms with van der Waals surface area (Å²) in [4.78, 5) is 12.6. The molecule has 0 aromatic heterocycles. The van der Waals surface area contributed by atoms with E-state index in [1.165, 1.54) is 12.1 Å². The minimum absolute atomic E-state index is 0.0207. The molecule has 5 heteroatoms. The molecular weight excluding hydrogens is 257 g/mol. The summed E-state index contributed by atoms with van der Waals surface area (Å²) in [6.07, 6.45) is 2.55. The van der Waals surface area contributed by atoms with Crippen LogP contribution in [0.4, 0.5) is 4.39 Å². The third kappa shape index (κ3) is 3.68. The monoisotopic (exact) mass is 271 g/mol. The number of hydrogen-bond donors (Lipinski definition) is 1. The van der Waals surface area contributed by atoms with E-state index in [-0.39, 0.29) is 12.4 Å². The van der Waals surface area contributed by atoms with Gasteiger partial charge in [-0.05, 0) is 43.0 Å². The Balaban J connectivity index is 1.96. The van der Waals surface area contributed by atoms with Crippen LogP contribution in [0.2, 0.25) is 5.02 Å². The predicted octanol–water partition coefficient (Wildman–Crippen LogP) is 2.57. The van der Waals surface area contributed by atoms with Crippen LogP contribution in [0.1, 0.15) is 18.4 Å². The van der Waals surface area contributed by atoms with Gasteiger partial charge < -0.3 is 5.11 Å². The van der Waals surface area contributed by atoms with E-state index < -0.39 is 5.97 Å². The zero-order chi connectivity index (χ0) is 13.1. The van der Waals surface area contributed by atoms with Gasteiger partial charge in [0.1, 0.15) is 5.82 Å². The van der Waals surface area contributed by atoms with E-state index in [0.717, 1.165) is 12.8 Å². The molecule has 1 aromatic carbocycles. The molecule has 0 amide bonds. The van der Waals surface area contributed by atoms with Crippen molar-refractivity contribution in [2.24, 2.45) is 0 Å². The van der Waals surface area contributed by atoms with Gasteiger partial charge in [-0.3, -0.25) is 9.69 Å². The summed E-state index contributed by atoms with van der Waals surface area (Å²) in [5.74, 6) is -1.13. The lowest BCUT2D eigenvalue weighted by atomic mass is 10.1. The topological polar surface area (TPSA) is 40.5 Å². The van der Waals surface area contributed by atoms with E-state index >= 15 is 0 Å². The highest BCUT2D eigenvalue weighted by Crippen LogP contribution is 2.27. The number of benzene rings is 1. The first-order valence-electron chi connectivity index (χ1n) is 5.96. The maximum atomic E-state index is 13.5. The lowest BCUT2D eigenvalue weighted by molar-refractivity contribution is -0.138. The average Bonchev–Trinajstić information content (AvgIpc) is 3.12. The molecule has 0 unspecified atom stereocenters. The van der Waals surface area contributed by atoms with Crippen LogP contribution < -0.4 is 0 Å². The molecule has 3 nitrogen and oxygen atoms in total. The van der Waals surface area contributed by atoms with Crippen molar-refractivity contribution in [2.75, 3.05) is 13.1 Å². The maximum Gasteiger partial charge on any atom is 0.317 e. The van der Waals surface area contributed by atoms with Gasteiger partial charge in [0.2, 0.25) is 0 Å². The molecule has 0 radical (unpaired) electrons. The summed E-state index contributed by atoms with van der Waals surface area (Å²) >= 11 is 5.82. The second-order valence-electron chi connectivity index (χ2n) is 4.58. The molecule has 0 aliphatic heterocycles. The molecule has 98 valence electrons. The molecule has 1 aliphatic rings. The molecule has 18 heavy (non-hydrogen) atoms. The standard InChI is InChI=1S/C13H15ClFNO2/c14-10-1-4-12(15)9(7-10)5-6-16(8-13(17)18)11-2-3-11/h1,4,7,11H,2-3,5-6,8H2,(H,17,18). The van der Waals surface area contributed by atoms with E-state index in [9.17, 15) is 9.18 Å². The van der Waals surface area contributed by atoms with Crippen LogP contribution in [0.5, 0.6) is 0 Å². The van der Waals surface area contributed by atoms with Crippen molar-refractivity contribution in [3.05, 3.63) is 34.6 Å². The number of carboxylic acid groups (broad SMARTS) is 1. The maximum absolute atomic E-state index is 13.5. The number of carboxylic acids is 1. The van der Waals surface area contributed by atoms with Crippen molar-refractivity contribution in [3.63, 3.8) is 0 Å². The van der Waals surface area contributed by atoms with Gasteiger partial charge in [-0.2, -0.15) is 0 Å². The Kier molecular flexibility index (Phi) is 4.19. The number of nitrogens with zero attached hydrogens (tertiary/aromatic N) is 1. The van der Waals surface area contributed by atoms with Crippen molar-refractivity contribution >= 4 is 17.6 Å². The van der Waals surface area contributed by atoms with E-state index in [0.29, 0.717) is 29.6 Å². The number of hydrogen-bond acceptors (Lipinski definition) is 2. The highest BCUT2D eigenvalue weighted by atomic mass is 35.5. The van der Waals surface area contributed by atoms with Crippen molar-refractivity contribution in [1.29, 1.82) is 0 Å². The van der Waals surface area contributed by atoms with Gasteiger partial charge in [0.15, 0.2) is 0 Å². The van der Waals surface area contributed by atoms with Gasteiger partial charge >= 0.3 is 5.97 Å². The van der Waals surface area contributed by atoms with Crippen LogP contribution in [-0.2, 0) is 11.2 Å². The molecule has 0 bridgehead atoms. The first-order valence-corrected chi connectivity index (χ1v) is 6.34. The molecule has 0 atom stereocenters. The SMILES string of the molecule is O=C(O)CN(CCc1cc(Cl)ccc1F)C1CC1. The summed E-state index contributed by atoms with van der Waals surface area (Å²) in [6, 6.07) is 4.80. The van der Waals surface area contributed by atoms with Crippen LogP contribution >= 0.6 is 11.6 Å². The van der Waals surface area contributed by atoms with Crippen molar-refractivity contribution in [3.8, 4) is 0 Å². The summed E-state index contributed by atoms with van der Waals surface area (Å²) in [5.41, 5.74) is 0.540. The van der Waals surface area contributed by atoms with Gasteiger partial charge in [-0.25, -0.2) is 4.39 Å². The van der Waals surface area contributed by atoms with Crippen LogP contribution in [0.15, 0.2) is 18.2 Å². The second-order valence-corrected chi connectivity index (χ2v) is 5.02. The first kappa shape index (κ1) is 13.3. The van der Waals surface area contributed by atoms with Gasteiger partial charge in [-0.15, -0.1) is 0 Å². The normalized spacial score (nSPS) is 15.1. The van der Waals surface area contributed by atoms with Gasteiger partial charge in [0, 0.05) is 17.6 Å². The Morgan fingerprint density at radius 1 is 1.50 bits per heavy atom. The van der Waals surface area contributed by atoms with Crippen LogP contribution in [0.3, 0.4) is 0 Å². The minimum atomic E-state index is -0.839. The lowest BCUT2D eigenvalue weighted by Crippen LogP contribution is -2.33. The van der Waals surface area contributed by atoms with E-state index in [2.05, 4.69) is 0 Å². The Bertz CT molecular complexity index is 449. The van der Waals surface area contributed by atoms with E-state index in [1.54, 1.807) is 6.07 Å². The van der Waals surface area contributed by atoms with Gasteiger partial charge in [0.05, 0.1) is 6.54 Å². The summed E-state index contributed by atoms with van der Waals surface area (Å²) in [7, 11) is 0. The largest absolute Gasteiger partial charge is 0.480 e. The van der Waals surface area contributed by atoms with Gasteiger partial charge in [-0.1, -0.05) is 11.6 Å². The highest BCUT2D eigenvalue weighted by Gasteiger charge is 2.29. The van der Waals surface area contributed by atoms with Crippen LogP contribution in [-0.4, -0.2) is 35.1 Å². The predicted molar refractivity (Wildman–Crippen MR) is 67.3 cm³/mol. The molecular formula is C13H15ClFNO2. The minimum Gasteiger partial charge on any atom is -0.480 e. The van der Waals surface area contributed by atoms with Crippen molar-refractivity contribution in [1.82, 2.24) is 4.90 Å². The van der Waals surface area contributed by atoms with E-state index in [1.807, 2.05) is 4.90 Å². The molecule has 0 saturated heterocycles. The van der Waals surface area contributed by atoms with Gasteiger partial charge in [0.25, 0.3) is 0 Å². The molecule has 0 heterocycles. The third-order valence-electron chi connectivity index (χ3n) is 3.08. The Labute approximate surface area is 110 Å². The van der Waals surface area contributed by atoms with E-state index in [4.69, 9.17) is 16.7 Å². The zero-order valence-corrected chi connectivity index (χ0v) is 10.7. The molecule has 1 aromatic rings. The molecule has 1 aliphatic carbocycles. The number of carbonyl (C=O) groups is 1. The zero-order valence-electron chi connectivity index (χ0n) is 9.90. The van der Waals surface area contributed by atoms with Crippen LogP contribution in [0, 0.1) is 5.82 Å². The summed E-state index contributed by atoms with van der Waals surface area (Å²) in [5, 5.41) is 9.32. The number of halogens is 2. The number of rotatable bonds is 6. The fourth-order valence-electron chi connectivity index (χ4n) is 2.00. The number of aliphatic carboxylic acids is 1. The first-order chi connectivity index (χ1) is 8.56. The molecule has 1 saturated carbocycles. The molecule has 1 N–H and O–H groups in total. The Morgan fingerprint density at radius 3 is 2.83 bits per heavy atom. The summed E-state index contributed by atoms with van der Waals surface area (Å²) in [6.45, 7) is 0.571. The quantitative estimate of drug-likeness (QED) is 0.864. The molecule has 0 spiro atoms. The smallest absolute Gasteiger partial charge is 0.317 e. The van der Waals surface area contributed by atoms with Crippen molar-refractivity contribution in [2.45, 2.75) is 25.3 Å². The highest BCUT2D eigenvalue weighted by molar-refractivity contribution is 6.30. The fourth-order valence-corrected chi connectivity index (χ4v) is 2.20. The molecule has 1 fully saturated rings. The van der Waals surface area contributed by atoms with Crippen LogP contribution in [0.25, 0.3) is 0 Å². The molecule has 2 rings (SSSR count). The second kappa shape index (κ2) is 5.67. The Hall–Kier alpha value is -1.13.